The number of carbonyl (C=O) groups is 1. The van der Waals surface area contributed by atoms with E-state index in [-0.39, 0.29) is 12.2 Å². The van der Waals surface area contributed by atoms with E-state index in [1.165, 1.54) is 11.3 Å². The molecular weight excluding hydrogens is 448 g/mol. The highest BCUT2D eigenvalue weighted by Gasteiger charge is 2.17. The Morgan fingerprint density at radius 3 is 2.79 bits per heavy atom. The lowest BCUT2D eigenvalue weighted by molar-refractivity contribution is 0.0992. The summed E-state index contributed by atoms with van der Waals surface area (Å²) in [5, 5.41) is 0.494. The number of aryl methyl sites for hydroxylation is 1. The highest BCUT2D eigenvalue weighted by molar-refractivity contribution is 7.21. The molecule has 1 aliphatic heterocycles. The average Bonchev–Trinajstić information content (AvgIpc) is 3.24. The average molecular weight is 475 g/mol. The van der Waals surface area contributed by atoms with Gasteiger partial charge in [-0.3, -0.25) is 4.79 Å². The Hall–Kier alpha value is -3.49. The molecule has 7 nitrogen and oxygen atoms in total. The van der Waals surface area contributed by atoms with Crippen molar-refractivity contribution in [1.82, 2.24) is 9.97 Å². The Morgan fingerprint density at radius 1 is 1.18 bits per heavy atom. The van der Waals surface area contributed by atoms with Gasteiger partial charge in [-0.1, -0.05) is 29.5 Å². The van der Waals surface area contributed by atoms with Crippen LogP contribution in [0.3, 0.4) is 0 Å². The van der Waals surface area contributed by atoms with Crippen molar-refractivity contribution >= 4 is 38.3 Å². The van der Waals surface area contributed by atoms with Gasteiger partial charge in [0.1, 0.15) is 16.1 Å². The van der Waals surface area contributed by atoms with Crippen molar-refractivity contribution in [3.05, 3.63) is 65.4 Å². The second-order valence-corrected chi connectivity index (χ2v) is 9.33. The summed E-state index contributed by atoms with van der Waals surface area (Å²) in [6, 6.07) is 13.8. The van der Waals surface area contributed by atoms with Gasteiger partial charge in [-0.25, -0.2) is 9.97 Å². The van der Waals surface area contributed by atoms with Gasteiger partial charge in [0, 0.05) is 54.2 Å². The Kier molecular flexibility index (Phi) is 6.17. The van der Waals surface area contributed by atoms with Gasteiger partial charge in [0.2, 0.25) is 0 Å². The number of benzene rings is 2. The molecule has 2 N–H and O–H groups in total. The summed E-state index contributed by atoms with van der Waals surface area (Å²) >= 11 is 1.36. The molecule has 0 aliphatic carbocycles. The maximum atomic E-state index is 13.3. The number of anilines is 2. The predicted molar refractivity (Wildman–Crippen MR) is 136 cm³/mol. The molecule has 2 aromatic heterocycles. The van der Waals surface area contributed by atoms with E-state index in [4.69, 9.17) is 15.2 Å². The summed E-state index contributed by atoms with van der Waals surface area (Å²) in [4.78, 5) is 25.2. The number of methoxy groups -OCH3 is 1. The predicted octanol–water partition coefficient (Wildman–Crippen LogP) is 4.52. The van der Waals surface area contributed by atoms with E-state index in [0.717, 1.165) is 70.3 Å². The van der Waals surface area contributed by atoms with Gasteiger partial charge in [0.05, 0.1) is 20.3 Å². The number of morpholine rings is 1. The zero-order chi connectivity index (χ0) is 23.7. The molecule has 8 heteroatoms. The van der Waals surface area contributed by atoms with E-state index >= 15 is 0 Å². The van der Waals surface area contributed by atoms with Crippen molar-refractivity contribution in [2.45, 2.75) is 13.3 Å². The Balaban J connectivity index is 1.40. The van der Waals surface area contributed by atoms with Gasteiger partial charge < -0.3 is 20.1 Å². The first-order valence-electron chi connectivity index (χ1n) is 11.2. The lowest BCUT2D eigenvalue weighted by Gasteiger charge is -2.29. The maximum Gasteiger partial charge on any atom is 0.182 e. The monoisotopic (exact) mass is 474 g/mol. The quantitative estimate of drug-likeness (QED) is 0.411. The largest absolute Gasteiger partial charge is 0.496 e. The van der Waals surface area contributed by atoms with Gasteiger partial charge in [-0.2, -0.15) is 0 Å². The number of thiazole rings is 1. The van der Waals surface area contributed by atoms with Crippen LogP contribution in [0.15, 0.2) is 48.7 Å². The standard InChI is InChI=1S/C26H26N4O3S/c1-16-3-4-17(11-21(16)19-12-22-25(28-15-19)34-26(27)29-22)23(31)13-18-5-6-20(14-24(18)32-2)30-7-9-33-10-8-30/h3-6,11-12,14-15H,7-10,13H2,1-2H3,(H2,27,29). The highest BCUT2D eigenvalue weighted by Crippen LogP contribution is 2.31. The molecule has 34 heavy (non-hydrogen) atoms. The number of hydrogen-bond acceptors (Lipinski definition) is 8. The Bertz CT molecular complexity index is 1360. The molecular formula is C26H26N4O3S. The first kappa shape index (κ1) is 22.3. The Morgan fingerprint density at radius 2 is 2.00 bits per heavy atom. The molecule has 0 saturated carbocycles. The molecule has 174 valence electrons. The molecule has 5 rings (SSSR count). The minimum Gasteiger partial charge on any atom is -0.496 e. The SMILES string of the molecule is COc1cc(N2CCOCC2)ccc1CC(=O)c1ccc(C)c(-c2cnc3sc(N)nc3c2)c1. The summed E-state index contributed by atoms with van der Waals surface area (Å²) in [6.45, 7) is 5.16. The number of hydrogen-bond donors (Lipinski definition) is 1. The molecule has 1 saturated heterocycles. The fourth-order valence-corrected chi connectivity index (χ4v) is 4.92. The van der Waals surface area contributed by atoms with Crippen LogP contribution in [0.4, 0.5) is 10.8 Å². The van der Waals surface area contributed by atoms with E-state index in [2.05, 4.69) is 20.9 Å². The zero-order valence-corrected chi connectivity index (χ0v) is 20.0. The first-order valence-corrected chi connectivity index (χ1v) is 12.0. The molecule has 0 radical (unpaired) electrons. The molecule has 0 bridgehead atoms. The van der Waals surface area contributed by atoms with Crippen molar-refractivity contribution < 1.29 is 14.3 Å². The summed E-state index contributed by atoms with van der Waals surface area (Å²) in [5.74, 6) is 0.756. The molecule has 3 heterocycles. The molecule has 0 atom stereocenters. The van der Waals surface area contributed by atoms with Crippen LogP contribution in [0.1, 0.15) is 21.5 Å². The fraction of sp³-hybridized carbons (Fsp3) is 0.269. The topological polar surface area (TPSA) is 90.6 Å². The number of ether oxygens (including phenoxy) is 2. The number of rotatable bonds is 6. The molecule has 1 aliphatic rings. The van der Waals surface area contributed by atoms with Crippen LogP contribution in [0.25, 0.3) is 21.5 Å². The summed E-state index contributed by atoms with van der Waals surface area (Å²) in [7, 11) is 1.64. The second kappa shape index (κ2) is 9.40. The zero-order valence-electron chi connectivity index (χ0n) is 19.2. The molecule has 0 spiro atoms. The number of Topliss-reactive ketones (excluding diaryl/α,β-unsaturated/α-hetero) is 1. The van der Waals surface area contributed by atoms with Crippen LogP contribution >= 0.6 is 11.3 Å². The highest BCUT2D eigenvalue weighted by atomic mass is 32.1. The summed E-state index contributed by atoms with van der Waals surface area (Å²) < 4.78 is 11.1. The van der Waals surface area contributed by atoms with E-state index in [9.17, 15) is 4.79 Å². The van der Waals surface area contributed by atoms with Crippen LogP contribution in [-0.2, 0) is 11.2 Å². The third kappa shape index (κ3) is 4.47. The van der Waals surface area contributed by atoms with Crippen LogP contribution < -0.4 is 15.4 Å². The molecule has 0 unspecified atom stereocenters. The second-order valence-electron chi connectivity index (χ2n) is 8.33. The Labute approximate surface area is 202 Å². The van der Waals surface area contributed by atoms with Crippen molar-refractivity contribution in [3.63, 3.8) is 0 Å². The number of nitrogens with two attached hydrogens (primary N) is 1. The number of aromatic nitrogens is 2. The molecule has 1 fully saturated rings. The van der Waals surface area contributed by atoms with E-state index in [0.29, 0.717) is 10.7 Å². The van der Waals surface area contributed by atoms with Crippen molar-refractivity contribution in [2.75, 3.05) is 44.0 Å². The van der Waals surface area contributed by atoms with Gasteiger partial charge in [0.25, 0.3) is 0 Å². The smallest absolute Gasteiger partial charge is 0.182 e. The van der Waals surface area contributed by atoms with Gasteiger partial charge >= 0.3 is 0 Å². The molecule has 0 amide bonds. The van der Waals surface area contributed by atoms with Crippen LogP contribution in [-0.4, -0.2) is 49.2 Å². The number of fused-ring (bicyclic) bond motifs is 1. The number of nitrogen functional groups attached to an aromatic ring is 1. The number of ketones is 1. The number of nitrogens with zero attached hydrogens (tertiary/aromatic N) is 3. The fourth-order valence-electron chi connectivity index (χ4n) is 4.27. The minimum atomic E-state index is 0.0330. The number of pyridine rings is 1. The summed E-state index contributed by atoms with van der Waals surface area (Å²) in [6.07, 6.45) is 2.07. The lowest BCUT2D eigenvalue weighted by Crippen LogP contribution is -2.36. The van der Waals surface area contributed by atoms with Crippen LogP contribution in [0.2, 0.25) is 0 Å². The van der Waals surface area contributed by atoms with Crippen molar-refractivity contribution in [1.29, 1.82) is 0 Å². The number of carbonyl (C=O) groups excluding carboxylic acids is 1. The normalized spacial score (nSPS) is 13.9. The third-order valence-electron chi connectivity index (χ3n) is 6.13. The van der Waals surface area contributed by atoms with Crippen LogP contribution in [0.5, 0.6) is 5.75 Å². The first-order chi connectivity index (χ1) is 16.5. The van der Waals surface area contributed by atoms with Crippen molar-refractivity contribution in [2.24, 2.45) is 0 Å². The summed E-state index contributed by atoms with van der Waals surface area (Å²) in [5.41, 5.74) is 12.1. The third-order valence-corrected chi connectivity index (χ3v) is 6.94. The van der Waals surface area contributed by atoms with Gasteiger partial charge in [0.15, 0.2) is 10.9 Å². The maximum absolute atomic E-state index is 13.3. The van der Waals surface area contributed by atoms with Gasteiger partial charge in [-0.05, 0) is 36.2 Å². The minimum absolute atomic E-state index is 0.0330. The van der Waals surface area contributed by atoms with E-state index in [1.807, 2.05) is 49.5 Å². The molecule has 4 aromatic rings. The van der Waals surface area contributed by atoms with Crippen molar-refractivity contribution in [3.8, 4) is 16.9 Å². The van der Waals surface area contributed by atoms with E-state index in [1.54, 1.807) is 7.11 Å². The molecule has 2 aromatic carbocycles. The van der Waals surface area contributed by atoms with Gasteiger partial charge in [-0.15, -0.1) is 0 Å². The van der Waals surface area contributed by atoms with Crippen LogP contribution in [0, 0.1) is 6.92 Å². The van der Waals surface area contributed by atoms with E-state index < -0.39 is 0 Å². The lowest BCUT2D eigenvalue weighted by atomic mass is 9.95.